The highest BCUT2D eigenvalue weighted by Crippen LogP contribution is 2.27. The van der Waals surface area contributed by atoms with E-state index >= 15 is 0 Å². The number of nitrogens with zero attached hydrogens (tertiary/aromatic N) is 2. The lowest BCUT2D eigenvalue weighted by Gasteiger charge is -2.09. The SMILES string of the molecule is COc1ccc(-c2cc(CBr)nn2-c2ccc(OC)cc2)cc1. The zero-order valence-electron chi connectivity index (χ0n) is 13.0. The van der Waals surface area contributed by atoms with Gasteiger partial charge in [-0.15, -0.1) is 0 Å². The summed E-state index contributed by atoms with van der Waals surface area (Å²) in [5, 5.41) is 5.38. The van der Waals surface area contributed by atoms with E-state index in [1.807, 2.05) is 53.2 Å². The number of hydrogen-bond donors (Lipinski definition) is 0. The quantitative estimate of drug-likeness (QED) is 0.620. The first-order chi connectivity index (χ1) is 11.2. The predicted molar refractivity (Wildman–Crippen MR) is 94.7 cm³/mol. The average Bonchev–Trinajstić information content (AvgIpc) is 3.06. The van der Waals surface area contributed by atoms with E-state index in [1.165, 1.54) is 0 Å². The van der Waals surface area contributed by atoms with Crippen LogP contribution in [-0.2, 0) is 5.33 Å². The Labute approximate surface area is 143 Å². The van der Waals surface area contributed by atoms with E-state index in [0.29, 0.717) is 5.33 Å². The molecule has 2 aromatic carbocycles. The number of ether oxygens (including phenoxy) is 2. The van der Waals surface area contributed by atoms with Crippen molar-refractivity contribution < 1.29 is 9.47 Å². The van der Waals surface area contributed by atoms with Gasteiger partial charge in [0, 0.05) is 10.9 Å². The molecule has 3 aromatic rings. The molecule has 0 fully saturated rings. The molecule has 0 aliphatic heterocycles. The normalized spacial score (nSPS) is 10.6. The zero-order valence-corrected chi connectivity index (χ0v) is 14.6. The number of rotatable bonds is 5. The van der Waals surface area contributed by atoms with Crippen LogP contribution in [0.25, 0.3) is 16.9 Å². The maximum Gasteiger partial charge on any atom is 0.119 e. The van der Waals surface area contributed by atoms with E-state index in [-0.39, 0.29) is 0 Å². The monoisotopic (exact) mass is 372 g/mol. The molecule has 0 amide bonds. The van der Waals surface area contributed by atoms with Crippen LogP contribution in [0.5, 0.6) is 11.5 Å². The number of methoxy groups -OCH3 is 2. The Morgan fingerprint density at radius 2 is 1.48 bits per heavy atom. The van der Waals surface area contributed by atoms with Crippen molar-refractivity contribution in [2.45, 2.75) is 5.33 Å². The van der Waals surface area contributed by atoms with Crippen LogP contribution in [-0.4, -0.2) is 24.0 Å². The van der Waals surface area contributed by atoms with E-state index in [4.69, 9.17) is 9.47 Å². The summed E-state index contributed by atoms with van der Waals surface area (Å²) < 4.78 is 12.4. The van der Waals surface area contributed by atoms with Gasteiger partial charge in [0.05, 0.1) is 31.3 Å². The molecule has 0 N–H and O–H groups in total. The first kappa shape index (κ1) is 15.6. The minimum atomic E-state index is 0.708. The number of hydrogen-bond acceptors (Lipinski definition) is 3. The molecule has 0 unspecified atom stereocenters. The van der Waals surface area contributed by atoms with Gasteiger partial charge in [0.1, 0.15) is 11.5 Å². The van der Waals surface area contributed by atoms with Crippen molar-refractivity contribution in [3.63, 3.8) is 0 Å². The van der Waals surface area contributed by atoms with Gasteiger partial charge in [-0.2, -0.15) is 5.10 Å². The second-order valence-corrected chi connectivity index (χ2v) is 5.55. The largest absolute Gasteiger partial charge is 0.497 e. The van der Waals surface area contributed by atoms with E-state index in [0.717, 1.165) is 34.1 Å². The molecule has 0 bridgehead atoms. The molecule has 0 radical (unpaired) electrons. The Hall–Kier alpha value is -2.27. The minimum absolute atomic E-state index is 0.708. The van der Waals surface area contributed by atoms with Crippen molar-refractivity contribution in [1.82, 2.24) is 9.78 Å². The molecular formula is C18H17BrN2O2. The van der Waals surface area contributed by atoms with Gasteiger partial charge in [-0.3, -0.25) is 0 Å². The predicted octanol–water partition coefficient (Wildman–Crippen LogP) is 4.45. The fourth-order valence-electron chi connectivity index (χ4n) is 2.38. The second-order valence-electron chi connectivity index (χ2n) is 4.99. The smallest absolute Gasteiger partial charge is 0.119 e. The van der Waals surface area contributed by atoms with Crippen LogP contribution in [0.4, 0.5) is 0 Å². The number of alkyl halides is 1. The third kappa shape index (κ3) is 3.24. The Morgan fingerprint density at radius 1 is 0.913 bits per heavy atom. The highest BCUT2D eigenvalue weighted by molar-refractivity contribution is 9.08. The molecular weight excluding hydrogens is 356 g/mol. The van der Waals surface area contributed by atoms with Gasteiger partial charge in [0.2, 0.25) is 0 Å². The molecule has 23 heavy (non-hydrogen) atoms. The van der Waals surface area contributed by atoms with Crippen molar-refractivity contribution in [2.24, 2.45) is 0 Å². The Morgan fingerprint density at radius 3 is 2.00 bits per heavy atom. The van der Waals surface area contributed by atoms with Gasteiger partial charge in [-0.1, -0.05) is 15.9 Å². The summed E-state index contributed by atoms with van der Waals surface area (Å²) in [6, 6.07) is 17.9. The Kier molecular flexibility index (Phi) is 4.67. The minimum Gasteiger partial charge on any atom is -0.497 e. The maximum atomic E-state index is 5.23. The molecule has 118 valence electrons. The van der Waals surface area contributed by atoms with Gasteiger partial charge in [-0.25, -0.2) is 4.68 Å². The molecule has 0 atom stereocenters. The molecule has 5 heteroatoms. The summed E-state index contributed by atoms with van der Waals surface area (Å²) in [5.74, 6) is 1.66. The highest BCUT2D eigenvalue weighted by atomic mass is 79.9. The van der Waals surface area contributed by atoms with Crippen LogP contribution in [0, 0.1) is 0 Å². The van der Waals surface area contributed by atoms with Crippen LogP contribution in [0.3, 0.4) is 0 Å². The van der Waals surface area contributed by atoms with E-state index in [9.17, 15) is 0 Å². The van der Waals surface area contributed by atoms with Gasteiger partial charge in [0.15, 0.2) is 0 Å². The average molecular weight is 373 g/mol. The topological polar surface area (TPSA) is 36.3 Å². The summed E-state index contributed by atoms with van der Waals surface area (Å²) in [7, 11) is 3.33. The molecule has 0 spiro atoms. The lowest BCUT2D eigenvalue weighted by molar-refractivity contribution is 0.414. The Bertz CT molecular complexity index is 715. The standard InChI is InChI=1S/C18H17BrN2O2/c1-22-16-7-3-13(4-8-16)18-11-14(12-19)20-21(18)15-5-9-17(23-2)10-6-15/h3-11H,12H2,1-2H3. The fourth-order valence-corrected chi connectivity index (χ4v) is 2.66. The maximum absolute atomic E-state index is 5.23. The first-order valence-electron chi connectivity index (χ1n) is 7.19. The molecule has 0 aliphatic carbocycles. The van der Waals surface area contributed by atoms with E-state index in [2.05, 4.69) is 27.1 Å². The van der Waals surface area contributed by atoms with Gasteiger partial charge in [0.25, 0.3) is 0 Å². The van der Waals surface area contributed by atoms with Crippen LogP contribution in [0.2, 0.25) is 0 Å². The highest BCUT2D eigenvalue weighted by Gasteiger charge is 2.11. The molecule has 4 nitrogen and oxygen atoms in total. The summed E-state index contributed by atoms with van der Waals surface area (Å²) >= 11 is 3.48. The second kappa shape index (κ2) is 6.87. The molecule has 0 saturated carbocycles. The van der Waals surface area contributed by atoms with Gasteiger partial charge < -0.3 is 9.47 Å². The van der Waals surface area contributed by atoms with Gasteiger partial charge >= 0.3 is 0 Å². The van der Waals surface area contributed by atoms with Crippen LogP contribution in [0.15, 0.2) is 54.6 Å². The Balaban J connectivity index is 2.06. The van der Waals surface area contributed by atoms with Crippen molar-refractivity contribution >= 4 is 15.9 Å². The first-order valence-corrected chi connectivity index (χ1v) is 8.31. The van der Waals surface area contributed by atoms with Crippen LogP contribution in [0.1, 0.15) is 5.69 Å². The van der Waals surface area contributed by atoms with Gasteiger partial charge in [-0.05, 0) is 54.6 Å². The summed E-state index contributed by atoms with van der Waals surface area (Å²) in [6.45, 7) is 0. The molecule has 0 saturated heterocycles. The molecule has 3 rings (SSSR count). The molecule has 1 heterocycles. The fraction of sp³-hybridized carbons (Fsp3) is 0.167. The zero-order chi connectivity index (χ0) is 16.2. The third-order valence-electron chi connectivity index (χ3n) is 3.60. The summed E-state index contributed by atoms with van der Waals surface area (Å²) in [6.07, 6.45) is 0. The van der Waals surface area contributed by atoms with E-state index in [1.54, 1.807) is 14.2 Å². The summed E-state index contributed by atoms with van der Waals surface area (Å²) in [5.41, 5.74) is 4.09. The number of benzene rings is 2. The van der Waals surface area contributed by atoms with Crippen LogP contribution >= 0.6 is 15.9 Å². The van der Waals surface area contributed by atoms with Crippen molar-refractivity contribution in [1.29, 1.82) is 0 Å². The van der Waals surface area contributed by atoms with Crippen molar-refractivity contribution in [3.8, 4) is 28.4 Å². The van der Waals surface area contributed by atoms with Crippen molar-refractivity contribution in [2.75, 3.05) is 14.2 Å². The third-order valence-corrected chi connectivity index (χ3v) is 4.17. The lowest BCUT2D eigenvalue weighted by atomic mass is 10.1. The molecule has 0 aliphatic rings. The van der Waals surface area contributed by atoms with E-state index < -0.39 is 0 Å². The number of aromatic nitrogens is 2. The summed E-state index contributed by atoms with van der Waals surface area (Å²) in [4.78, 5) is 0. The van der Waals surface area contributed by atoms with Crippen molar-refractivity contribution in [3.05, 3.63) is 60.3 Å². The molecule has 1 aromatic heterocycles. The van der Waals surface area contributed by atoms with Crippen LogP contribution < -0.4 is 9.47 Å². The lowest BCUT2D eigenvalue weighted by Crippen LogP contribution is -1.99. The number of halogens is 1.